The third kappa shape index (κ3) is 2.54. The van der Waals surface area contributed by atoms with Crippen LogP contribution in [0.2, 0.25) is 5.15 Å². The third-order valence-electron chi connectivity index (χ3n) is 3.33. The first-order chi connectivity index (χ1) is 9.58. The molecule has 0 aliphatic heterocycles. The van der Waals surface area contributed by atoms with Gasteiger partial charge in [0.1, 0.15) is 5.65 Å². The molecule has 1 aliphatic carbocycles. The molecule has 0 bridgehead atoms. The number of hydrogen-bond acceptors (Lipinski definition) is 4. The zero-order chi connectivity index (χ0) is 14.2. The van der Waals surface area contributed by atoms with Crippen molar-refractivity contribution in [2.45, 2.75) is 36.8 Å². The van der Waals surface area contributed by atoms with Crippen molar-refractivity contribution < 1.29 is 13.3 Å². The normalized spacial score (nSPS) is 17.1. The lowest BCUT2D eigenvalue weighted by Crippen LogP contribution is -2.29. The summed E-state index contributed by atoms with van der Waals surface area (Å²) < 4.78 is 26.0. The van der Waals surface area contributed by atoms with Crippen LogP contribution < -0.4 is 4.89 Å². The zero-order valence-electron chi connectivity index (χ0n) is 10.6. The van der Waals surface area contributed by atoms with Gasteiger partial charge >= 0.3 is 0 Å². The second-order valence-electron chi connectivity index (χ2n) is 4.75. The minimum absolute atomic E-state index is 0.0669. The number of rotatable bonds is 4. The molecule has 1 N–H and O–H groups in total. The van der Waals surface area contributed by atoms with Gasteiger partial charge in [-0.2, -0.15) is 0 Å². The van der Waals surface area contributed by atoms with E-state index < -0.39 is 10.0 Å². The SMILES string of the molecule is O=S(=O)(NOC1CCCC1)c1c(Cl)nc2ccccn12. The lowest BCUT2D eigenvalue weighted by Gasteiger charge is -2.11. The van der Waals surface area contributed by atoms with Gasteiger partial charge in [-0.3, -0.25) is 9.24 Å². The van der Waals surface area contributed by atoms with E-state index in [4.69, 9.17) is 16.4 Å². The molecule has 0 unspecified atom stereocenters. The molecular formula is C12H14ClN3O3S. The maximum absolute atomic E-state index is 12.3. The number of pyridine rings is 1. The molecule has 1 saturated carbocycles. The van der Waals surface area contributed by atoms with Crippen LogP contribution in [0.5, 0.6) is 0 Å². The molecule has 0 amide bonds. The number of nitrogens with zero attached hydrogens (tertiary/aromatic N) is 2. The predicted octanol–water partition coefficient (Wildman–Crippen LogP) is 2.14. The van der Waals surface area contributed by atoms with Crippen LogP contribution in [0.1, 0.15) is 25.7 Å². The van der Waals surface area contributed by atoms with Crippen molar-refractivity contribution in [3.63, 3.8) is 0 Å². The first kappa shape index (κ1) is 13.8. The molecule has 0 aromatic carbocycles. The second-order valence-corrected chi connectivity index (χ2v) is 6.67. The number of aromatic nitrogens is 2. The van der Waals surface area contributed by atoms with E-state index in [1.165, 1.54) is 4.40 Å². The van der Waals surface area contributed by atoms with Crippen LogP contribution in [-0.4, -0.2) is 23.9 Å². The molecule has 6 nitrogen and oxygen atoms in total. The number of hydrogen-bond donors (Lipinski definition) is 1. The number of fused-ring (bicyclic) bond motifs is 1. The van der Waals surface area contributed by atoms with Gasteiger partial charge in [0.05, 0.1) is 6.10 Å². The van der Waals surface area contributed by atoms with E-state index in [0.717, 1.165) is 25.7 Å². The highest BCUT2D eigenvalue weighted by molar-refractivity contribution is 7.89. The Hall–Kier alpha value is -1.15. The summed E-state index contributed by atoms with van der Waals surface area (Å²) in [6.07, 6.45) is 5.37. The van der Waals surface area contributed by atoms with Crippen LogP contribution in [0, 0.1) is 0 Å². The molecule has 3 rings (SSSR count). The van der Waals surface area contributed by atoms with Crippen molar-refractivity contribution in [2.24, 2.45) is 0 Å². The summed E-state index contributed by atoms with van der Waals surface area (Å²) in [7, 11) is -3.87. The molecule has 2 heterocycles. The Kier molecular flexibility index (Phi) is 3.68. The first-order valence-corrected chi connectivity index (χ1v) is 8.24. The summed E-state index contributed by atoms with van der Waals surface area (Å²) in [6, 6.07) is 5.15. The summed E-state index contributed by atoms with van der Waals surface area (Å²) in [5.41, 5.74) is 0.471. The maximum Gasteiger partial charge on any atom is 0.281 e. The van der Waals surface area contributed by atoms with Crippen LogP contribution in [0.25, 0.3) is 5.65 Å². The number of imidazole rings is 1. The molecule has 1 fully saturated rings. The van der Waals surface area contributed by atoms with Gasteiger partial charge in [-0.15, -0.1) is 0 Å². The number of halogens is 1. The lowest BCUT2D eigenvalue weighted by atomic mass is 10.3. The van der Waals surface area contributed by atoms with E-state index in [9.17, 15) is 8.42 Å². The van der Waals surface area contributed by atoms with E-state index >= 15 is 0 Å². The van der Waals surface area contributed by atoms with E-state index in [0.29, 0.717) is 5.65 Å². The van der Waals surface area contributed by atoms with Crippen LogP contribution in [-0.2, 0) is 14.9 Å². The molecule has 0 atom stereocenters. The van der Waals surface area contributed by atoms with E-state index in [2.05, 4.69) is 9.87 Å². The summed E-state index contributed by atoms with van der Waals surface area (Å²) >= 11 is 5.94. The molecule has 1 aliphatic rings. The molecule has 0 spiro atoms. The van der Waals surface area contributed by atoms with Gasteiger partial charge in [0.2, 0.25) is 0 Å². The van der Waals surface area contributed by atoms with Gasteiger partial charge in [0.15, 0.2) is 10.2 Å². The van der Waals surface area contributed by atoms with E-state index in [-0.39, 0.29) is 16.3 Å². The van der Waals surface area contributed by atoms with Crippen LogP contribution in [0.3, 0.4) is 0 Å². The van der Waals surface area contributed by atoms with Gasteiger partial charge in [-0.05, 0) is 25.0 Å². The molecular weight excluding hydrogens is 302 g/mol. The fourth-order valence-electron chi connectivity index (χ4n) is 2.36. The molecule has 0 radical (unpaired) electrons. The second kappa shape index (κ2) is 5.33. The lowest BCUT2D eigenvalue weighted by molar-refractivity contribution is 0.0222. The molecule has 2 aromatic heterocycles. The van der Waals surface area contributed by atoms with Gasteiger partial charge in [-0.1, -0.05) is 35.4 Å². The average molecular weight is 316 g/mol. The molecule has 2 aromatic rings. The third-order valence-corrected chi connectivity index (χ3v) is 4.92. The largest absolute Gasteiger partial charge is 0.288 e. The smallest absolute Gasteiger partial charge is 0.281 e. The van der Waals surface area contributed by atoms with Crippen LogP contribution >= 0.6 is 11.6 Å². The van der Waals surface area contributed by atoms with Gasteiger partial charge < -0.3 is 0 Å². The average Bonchev–Trinajstić information content (AvgIpc) is 3.02. The summed E-state index contributed by atoms with van der Waals surface area (Å²) in [5, 5.41) is -0.175. The van der Waals surface area contributed by atoms with E-state index in [1.807, 2.05) is 0 Å². The van der Waals surface area contributed by atoms with Gasteiger partial charge in [0.25, 0.3) is 10.0 Å². The van der Waals surface area contributed by atoms with Gasteiger partial charge in [0, 0.05) is 6.20 Å². The summed E-state index contributed by atoms with van der Waals surface area (Å²) in [5.74, 6) is 0. The highest BCUT2D eigenvalue weighted by Gasteiger charge is 2.26. The van der Waals surface area contributed by atoms with Crippen molar-refractivity contribution in [1.82, 2.24) is 14.3 Å². The monoisotopic (exact) mass is 315 g/mol. The molecule has 8 heteroatoms. The fourth-order valence-corrected chi connectivity index (χ4v) is 3.87. The molecule has 108 valence electrons. The zero-order valence-corrected chi connectivity index (χ0v) is 12.2. The Morgan fingerprint density at radius 3 is 2.85 bits per heavy atom. The van der Waals surface area contributed by atoms with Gasteiger partial charge in [-0.25, -0.2) is 13.4 Å². The van der Waals surface area contributed by atoms with Crippen molar-refractivity contribution >= 4 is 27.3 Å². The fraction of sp³-hybridized carbons (Fsp3) is 0.417. The Labute approximate surface area is 121 Å². The quantitative estimate of drug-likeness (QED) is 0.877. The summed E-state index contributed by atoms with van der Waals surface area (Å²) in [4.78, 5) is 11.4. The van der Waals surface area contributed by atoms with Crippen LogP contribution in [0.15, 0.2) is 29.4 Å². The highest BCUT2D eigenvalue weighted by Crippen LogP contribution is 2.24. The predicted molar refractivity (Wildman–Crippen MR) is 73.9 cm³/mol. The van der Waals surface area contributed by atoms with Crippen molar-refractivity contribution in [3.05, 3.63) is 29.5 Å². The highest BCUT2D eigenvalue weighted by atomic mass is 35.5. The minimum atomic E-state index is -3.87. The van der Waals surface area contributed by atoms with E-state index in [1.54, 1.807) is 24.4 Å². The standard InChI is InChI=1S/C12H14ClN3O3S/c13-11-12(16-8-4-3-7-10(16)14-11)20(17,18)15-19-9-5-1-2-6-9/h3-4,7-9,15H,1-2,5-6H2. The van der Waals surface area contributed by atoms with Crippen molar-refractivity contribution in [1.29, 1.82) is 0 Å². The van der Waals surface area contributed by atoms with Crippen LogP contribution in [0.4, 0.5) is 0 Å². The summed E-state index contributed by atoms with van der Waals surface area (Å²) in [6.45, 7) is 0. The molecule has 0 saturated heterocycles. The first-order valence-electron chi connectivity index (χ1n) is 6.38. The molecule has 20 heavy (non-hydrogen) atoms. The Balaban J connectivity index is 1.90. The Morgan fingerprint density at radius 2 is 2.10 bits per heavy atom. The Bertz CT molecular complexity index is 723. The Morgan fingerprint density at radius 1 is 1.35 bits per heavy atom. The number of sulfonamides is 1. The van der Waals surface area contributed by atoms with Crippen molar-refractivity contribution in [2.75, 3.05) is 0 Å². The minimum Gasteiger partial charge on any atom is -0.288 e. The maximum atomic E-state index is 12.3. The number of nitrogens with one attached hydrogen (secondary N) is 1. The topological polar surface area (TPSA) is 72.7 Å². The van der Waals surface area contributed by atoms with Crippen molar-refractivity contribution in [3.8, 4) is 0 Å².